The molecule has 0 aromatic heterocycles. The third-order valence-electron chi connectivity index (χ3n) is 6.05. The number of hydrogen-bond donors (Lipinski definition) is 10. The van der Waals surface area contributed by atoms with Crippen LogP contribution in [0.1, 0.15) is 21.5 Å². The predicted molar refractivity (Wildman–Crippen MR) is 135 cm³/mol. The summed E-state index contributed by atoms with van der Waals surface area (Å²) in [5.74, 6) is -11.2. The molecule has 0 spiro atoms. The minimum absolute atomic E-state index is 0.0338. The highest BCUT2D eigenvalue weighted by atomic mass is 32.1. The Morgan fingerprint density at radius 2 is 1.60 bits per heavy atom. The molecular formula is C25H23NO13S. The van der Waals surface area contributed by atoms with Gasteiger partial charge in [0.05, 0.1) is 11.3 Å². The Balaban J connectivity index is 1.75. The smallest absolute Gasteiger partial charge is 0.370 e. The second-order valence-electron chi connectivity index (χ2n) is 8.82. The van der Waals surface area contributed by atoms with Crippen LogP contribution < -0.4 is 10.5 Å². The van der Waals surface area contributed by atoms with Crippen molar-refractivity contribution in [2.24, 2.45) is 5.73 Å². The molecule has 1 heterocycles. The van der Waals surface area contributed by atoms with Crippen molar-refractivity contribution in [1.82, 2.24) is 0 Å². The third kappa shape index (κ3) is 4.88. The SMILES string of the molecule is NC(CS)(OC(=O)c1cc(O)c(O)c(O)c1)C(=O)OC1(c2ccc(O)c(O)c2)Oc2cc(O)cc(O)c2C[C@H]1O. The molecule has 0 saturated heterocycles. The van der Waals surface area contributed by atoms with Crippen molar-refractivity contribution >= 4 is 24.6 Å². The number of rotatable bonds is 6. The number of benzene rings is 3. The van der Waals surface area contributed by atoms with Crippen LogP contribution in [0, 0.1) is 0 Å². The second kappa shape index (κ2) is 10.1. The van der Waals surface area contributed by atoms with Gasteiger partial charge in [-0.1, -0.05) is 0 Å². The van der Waals surface area contributed by atoms with E-state index >= 15 is 0 Å². The Kier molecular flexibility index (Phi) is 7.14. The van der Waals surface area contributed by atoms with E-state index in [1.54, 1.807) is 0 Å². The molecule has 4 rings (SSSR count). The van der Waals surface area contributed by atoms with E-state index in [-0.39, 0.29) is 16.9 Å². The summed E-state index contributed by atoms with van der Waals surface area (Å²) in [6, 6.07) is 6.55. The minimum Gasteiger partial charge on any atom is -0.508 e. The van der Waals surface area contributed by atoms with Gasteiger partial charge in [0, 0.05) is 29.7 Å². The van der Waals surface area contributed by atoms with Gasteiger partial charge < -0.3 is 55.1 Å². The van der Waals surface area contributed by atoms with Crippen LogP contribution in [0.15, 0.2) is 42.5 Å². The first kappa shape index (κ1) is 28.3. The Morgan fingerprint density at radius 1 is 0.950 bits per heavy atom. The lowest BCUT2D eigenvalue weighted by molar-refractivity contribution is -0.256. The second-order valence-corrected chi connectivity index (χ2v) is 9.14. The monoisotopic (exact) mass is 577 g/mol. The van der Waals surface area contributed by atoms with Gasteiger partial charge in [-0.3, -0.25) is 5.73 Å². The van der Waals surface area contributed by atoms with Crippen LogP contribution in [0.5, 0.6) is 46.0 Å². The number of aliphatic hydroxyl groups is 1. The summed E-state index contributed by atoms with van der Waals surface area (Å²) in [6.45, 7) is 0. The van der Waals surface area contributed by atoms with E-state index in [0.29, 0.717) is 0 Å². The van der Waals surface area contributed by atoms with E-state index in [9.17, 15) is 50.4 Å². The molecule has 0 aliphatic carbocycles. The summed E-state index contributed by atoms with van der Waals surface area (Å²) < 4.78 is 16.4. The zero-order valence-electron chi connectivity index (χ0n) is 20.2. The number of hydrogen-bond acceptors (Lipinski definition) is 15. The molecule has 2 unspecified atom stereocenters. The van der Waals surface area contributed by atoms with Gasteiger partial charge >= 0.3 is 17.7 Å². The van der Waals surface area contributed by atoms with Gasteiger partial charge in [-0.15, -0.1) is 0 Å². The molecule has 15 heteroatoms. The van der Waals surface area contributed by atoms with Crippen LogP contribution in [0.2, 0.25) is 0 Å². The molecule has 1 aliphatic heterocycles. The maximum atomic E-state index is 13.4. The van der Waals surface area contributed by atoms with Crippen LogP contribution >= 0.6 is 12.6 Å². The van der Waals surface area contributed by atoms with Crippen molar-refractivity contribution in [2.75, 3.05) is 5.75 Å². The highest BCUT2D eigenvalue weighted by molar-refractivity contribution is 7.80. The molecule has 0 fully saturated rings. The Bertz CT molecular complexity index is 1490. The highest BCUT2D eigenvalue weighted by Crippen LogP contribution is 2.47. The van der Waals surface area contributed by atoms with E-state index in [4.69, 9.17) is 19.9 Å². The summed E-state index contributed by atoms with van der Waals surface area (Å²) in [7, 11) is 0. The summed E-state index contributed by atoms with van der Waals surface area (Å²) in [4.78, 5) is 26.1. The van der Waals surface area contributed by atoms with Gasteiger partial charge in [0.2, 0.25) is 0 Å². The quantitative estimate of drug-likeness (QED) is 0.0841. The molecule has 14 nitrogen and oxygen atoms in total. The van der Waals surface area contributed by atoms with Crippen molar-refractivity contribution in [1.29, 1.82) is 0 Å². The largest absolute Gasteiger partial charge is 0.508 e. The van der Waals surface area contributed by atoms with Gasteiger partial charge in [0.1, 0.15) is 23.4 Å². The molecule has 3 aromatic rings. The lowest BCUT2D eigenvalue weighted by atomic mass is 9.90. The van der Waals surface area contributed by atoms with Crippen molar-refractivity contribution in [2.45, 2.75) is 24.0 Å². The fourth-order valence-electron chi connectivity index (χ4n) is 3.92. The van der Waals surface area contributed by atoms with Gasteiger partial charge in [-0.25, -0.2) is 9.59 Å². The van der Waals surface area contributed by atoms with E-state index in [0.717, 1.165) is 42.5 Å². The number of phenols is 7. The summed E-state index contributed by atoms with van der Waals surface area (Å²) in [5, 5.41) is 80.0. The Hall–Kier alpha value is -4.73. The van der Waals surface area contributed by atoms with Crippen molar-refractivity contribution in [3.63, 3.8) is 0 Å². The first-order chi connectivity index (χ1) is 18.7. The Labute approximate surface area is 230 Å². The maximum absolute atomic E-state index is 13.4. The topological polar surface area (TPSA) is 250 Å². The Morgan fingerprint density at radius 3 is 2.20 bits per heavy atom. The van der Waals surface area contributed by atoms with Gasteiger partial charge in [0.25, 0.3) is 5.72 Å². The number of phenolic OH excluding ortho intramolecular Hbond substituents is 7. The number of thiol groups is 1. The highest BCUT2D eigenvalue weighted by Gasteiger charge is 2.54. The molecule has 212 valence electrons. The third-order valence-corrected chi connectivity index (χ3v) is 6.52. The molecule has 0 amide bonds. The fourth-order valence-corrected chi connectivity index (χ4v) is 4.11. The van der Waals surface area contributed by atoms with Gasteiger partial charge in [0.15, 0.2) is 28.7 Å². The molecule has 1 aliphatic rings. The molecule has 0 saturated carbocycles. The average molecular weight is 578 g/mol. The average Bonchev–Trinajstić information content (AvgIpc) is 2.89. The van der Waals surface area contributed by atoms with Gasteiger partial charge in [-0.05, 0) is 30.3 Å². The number of fused-ring (bicyclic) bond motifs is 1. The fraction of sp³-hybridized carbons (Fsp3) is 0.200. The van der Waals surface area contributed by atoms with Crippen molar-refractivity contribution < 1.29 is 64.7 Å². The number of nitrogens with two attached hydrogens (primary N) is 1. The molecule has 0 bridgehead atoms. The van der Waals surface area contributed by atoms with E-state index in [2.05, 4.69) is 12.6 Å². The standard InChI is InChI=1S/C25H23NO13S/c26-24(9-40,38-22(35)10-3-17(31)21(34)18(32)4-10)23(36)39-25(11-1-2-14(28)16(30)5-11)20(33)8-13-15(29)6-12(27)7-19(13)37-25/h1-7,20,27-34,40H,8-9,26H2/t20-,24?,25?/m1/s1. The lowest BCUT2D eigenvalue weighted by Gasteiger charge is -2.42. The van der Waals surface area contributed by atoms with E-state index < -0.39 is 87.5 Å². The number of esters is 2. The minimum atomic E-state index is -2.69. The molecule has 3 aromatic carbocycles. The number of aromatic hydroxyl groups is 7. The zero-order chi connectivity index (χ0) is 29.6. The molecule has 10 N–H and O–H groups in total. The van der Waals surface area contributed by atoms with Crippen LogP contribution in [0.25, 0.3) is 0 Å². The maximum Gasteiger partial charge on any atom is 0.370 e. The summed E-state index contributed by atoms with van der Waals surface area (Å²) >= 11 is 3.96. The summed E-state index contributed by atoms with van der Waals surface area (Å²) in [6.07, 6.45) is -2.23. The number of carbonyl (C=O) groups excluding carboxylic acids is 2. The van der Waals surface area contributed by atoms with Crippen LogP contribution in [-0.4, -0.2) is 70.4 Å². The molecule has 3 atom stereocenters. The van der Waals surface area contributed by atoms with E-state index in [1.165, 1.54) is 0 Å². The number of aliphatic hydroxyl groups excluding tert-OH is 1. The number of ether oxygens (including phenoxy) is 3. The van der Waals surface area contributed by atoms with Crippen LogP contribution in [0.4, 0.5) is 0 Å². The summed E-state index contributed by atoms with van der Waals surface area (Å²) in [5.41, 5.74) is 2.58. The van der Waals surface area contributed by atoms with Crippen LogP contribution in [0.3, 0.4) is 0 Å². The lowest BCUT2D eigenvalue weighted by Crippen LogP contribution is -2.60. The van der Waals surface area contributed by atoms with E-state index in [1.807, 2.05) is 0 Å². The predicted octanol–water partition coefficient (Wildman–Crippen LogP) is 0.760. The normalized spacial score (nSPS) is 19.5. The molecule has 40 heavy (non-hydrogen) atoms. The first-order valence-corrected chi connectivity index (χ1v) is 11.9. The molecule has 0 radical (unpaired) electrons. The first-order valence-electron chi connectivity index (χ1n) is 11.3. The van der Waals surface area contributed by atoms with Crippen molar-refractivity contribution in [3.05, 3.63) is 59.2 Å². The van der Waals surface area contributed by atoms with Crippen molar-refractivity contribution in [3.8, 4) is 46.0 Å². The van der Waals surface area contributed by atoms with Gasteiger partial charge in [-0.2, -0.15) is 12.6 Å². The number of carbonyl (C=O) groups is 2. The van der Waals surface area contributed by atoms with Crippen LogP contribution in [-0.2, 0) is 26.5 Å². The molecular weight excluding hydrogens is 554 g/mol. The zero-order valence-corrected chi connectivity index (χ0v) is 21.1.